The highest BCUT2D eigenvalue weighted by atomic mass is 35.5. The Bertz CT molecular complexity index is 811. The van der Waals surface area contributed by atoms with Gasteiger partial charge < -0.3 is 15.4 Å². The summed E-state index contributed by atoms with van der Waals surface area (Å²) < 4.78 is 5.57. The van der Waals surface area contributed by atoms with Crippen molar-refractivity contribution in [2.24, 2.45) is 0 Å². The Kier molecular flexibility index (Phi) is 6.45. The maximum Gasteiger partial charge on any atom is 0.258 e. The van der Waals surface area contributed by atoms with Crippen LogP contribution in [0.2, 0.25) is 10.0 Å². The van der Waals surface area contributed by atoms with Gasteiger partial charge in [-0.15, -0.1) is 0 Å². The first kappa shape index (κ1) is 19.3. The standard InChI is InChI=1S/C17H19Cl2N3O3/c1-4-20-17(24)10(3)22-14(23)8-25-16-13(19)7-12(18)11-6-5-9(2)21-15(11)16/h5-7,10H,4,8H2,1-3H3,(H,20,24)(H,22,23)/t10-/m1/s1. The third-order valence-corrected chi connectivity index (χ3v) is 4.04. The van der Waals surface area contributed by atoms with Gasteiger partial charge in [-0.2, -0.15) is 0 Å². The van der Waals surface area contributed by atoms with E-state index in [1.54, 1.807) is 19.9 Å². The Hall–Kier alpha value is -2.05. The SMILES string of the molecule is CCNC(=O)[C@@H](C)NC(=O)COc1c(Cl)cc(Cl)c2ccc(C)nc12. The van der Waals surface area contributed by atoms with E-state index in [0.29, 0.717) is 22.5 Å². The van der Waals surface area contributed by atoms with Gasteiger partial charge in [0.15, 0.2) is 12.4 Å². The van der Waals surface area contributed by atoms with Gasteiger partial charge in [0, 0.05) is 17.6 Å². The molecule has 2 aromatic rings. The number of likely N-dealkylation sites (N-methyl/N-ethyl adjacent to an activating group) is 1. The Labute approximate surface area is 155 Å². The zero-order valence-electron chi connectivity index (χ0n) is 14.2. The lowest BCUT2D eigenvalue weighted by Crippen LogP contribution is -2.46. The van der Waals surface area contributed by atoms with E-state index in [1.165, 1.54) is 0 Å². The topological polar surface area (TPSA) is 80.3 Å². The molecule has 8 heteroatoms. The van der Waals surface area contributed by atoms with Crippen molar-refractivity contribution in [3.8, 4) is 5.75 Å². The average Bonchev–Trinajstić information content (AvgIpc) is 2.54. The van der Waals surface area contributed by atoms with Crippen molar-refractivity contribution < 1.29 is 14.3 Å². The Balaban J connectivity index is 2.14. The van der Waals surface area contributed by atoms with E-state index in [9.17, 15) is 9.59 Å². The number of benzene rings is 1. The van der Waals surface area contributed by atoms with Crippen LogP contribution in [0.15, 0.2) is 18.2 Å². The molecule has 1 atom stereocenters. The fraction of sp³-hybridized carbons (Fsp3) is 0.353. The lowest BCUT2D eigenvalue weighted by Gasteiger charge is -2.15. The quantitative estimate of drug-likeness (QED) is 0.803. The summed E-state index contributed by atoms with van der Waals surface area (Å²) in [7, 11) is 0. The predicted octanol–water partition coefficient (Wildman–Crippen LogP) is 2.87. The summed E-state index contributed by atoms with van der Waals surface area (Å²) in [5.41, 5.74) is 1.26. The number of pyridine rings is 1. The number of carbonyl (C=O) groups is 2. The van der Waals surface area contributed by atoms with Crippen LogP contribution in [0, 0.1) is 6.92 Å². The minimum absolute atomic E-state index is 0.261. The Morgan fingerprint density at radius 2 is 2.00 bits per heavy atom. The molecule has 0 aliphatic rings. The van der Waals surface area contributed by atoms with Crippen LogP contribution in [-0.4, -0.2) is 36.0 Å². The maximum atomic E-state index is 12.0. The summed E-state index contributed by atoms with van der Waals surface area (Å²) in [5, 5.41) is 6.59. The van der Waals surface area contributed by atoms with Crippen molar-refractivity contribution in [1.29, 1.82) is 0 Å². The van der Waals surface area contributed by atoms with Crippen molar-refractivity contribution in [2.45, 2.75) is 26.8 Å². The molecule has 134 valence electrons. The Morgan fingerprint density at radius 3 is 2.68 bits per heavy atom. The molecule has 6 nitrogen and oxygen atoms in total. The number of nitrogens with zero attached hydrogens (tertiary/aromatic N) is 1. The van der Waals surface area contributed by atoms with Crippen LogP contribution in [0.1, 0.15) is 19.5 Å². The molecule has 1 aromatic heterocycles. The fourth-order valence-electron chi connectivity index (χ4n) is 2.24. The molecule has 0 fully saturated rings. The smallest absolute Gasteiger partial charge is 0.258 e. The van der Waals surface area contributed by atoms with E-state index in [0.717, 1.165) is 5.69 Å². The van der Waals surface area contributed by atoms with Crippen molar-refractivity contribution in [2.75, 3.05) is 13.2 Å². The van der Waals surface area contributed by atoms with Gasteiger partial charge in [-0.05, 0) is 39.0 Å². The molecule has 2 N–H and O–H groups in total. The van der Waals surface area contributed by atoms with Crippen molar-refractivity contribution in [3.63, 3.8) is 0 Å². The molecule has 2 amide bonds. The Morgan fingerprint density at radius 1 is 1.28 bits per heavy atom. The van der Waals surface area contributed by atoms with Crippen LogP contribution in [0.5, 0.6) is 5.75 Å². The number of hydrogen-bond acceptors (Lipinski definition) is 4. The molecule has 0 radical (unpaired) electrons. The number of amides is 2. The maximum absolute atomic E-state index is 12.0. The summed E-state index contributed by atoms with van der Waals surface area (Å²) in [4.78, 5) is 28.1. The number of fused-ring (bicyclic) bond motifs is 1. The molecule has 0 bridgehead atoms. The number of carbonyl (C=O) groups excluding carboxylic acids is 2. The number of rotatable bonds is 6. The highest BCUT2D eigenvalue weighted by Crippen LogP contribution is 2.37. The van der Waals surface area contributed by atoms with E-state index >= 15 is 0 Å². The second-order valence-corrected chi connectivity index (χ2v) is 6.30. The van der Waals surface area contributed by atoms with Gasteiger partial charge >= 0.3 is 0 Å². The third-order valence-electron chi connectivity index (χ3n) is 3.45. The normalized spacial score (nSPS) is 11.9. The first-order valence-corrected chi connectivity index (χ1v) is 8.54. The number of ether oxygens (including phenoxy) is 1. The van der Waals surface area contributed by atoms with Crippen LogP contribution in [-0.2, 0) is 9.59 Å². The zero-order valence-corrected chi connectivity index (χ0v) is 15.7. The molecule has 0 saturated heterocycles. The average molecular weight is 384 g/mol. The zero-order chi connectivity index (χ0) is 18.6. The number of hydrogen-bond donors (Lipinski definition) is 2. The number of halogens is 2. The van der Waals surface area contributed by atoms with Crippen molar-refractivity contribution in [1.82, 2.24) is 15.6 Å². The second-order valence-electron chi connectivity index (χ2n) is 5.49. The molecule has 25 heavy (non-hydrogen) atoms. The minimum atomic E-state index is -0.658. The van der Waals surface area contributed by atoms with Gasteiger partial charge in [-0.25, -0.2) is 4.98 Å². The van der Waals surface area contributed by atoms with Crippen LogP contribution in [0.25, 0.3) is 10.9 Å². The van der Waals surface area contributed by atoms with E-state index in [1.807, 2.05) is 19.1 Å². The molecule has 0 aliphatic heterocycles. The second kappa shape index (κ2) is 8.36. The molecular weight excluding hydrogens is 365 g/mol. The van der Waals surface area contributed by atoms with E-state index in [-0.39, 0.29) is 23.3 Å². The van der Waals surface area contributed by atoms with Crippen LogP contribution >= 0.6 is 23.2 Å². The van der Waals surface area contributed by atoms with Gasteiger partial charge in [0.2, 0.25) is 5.91 Å². The molecule has 0 unspecified atom stereocenters. The predicted molar refractivity (Wildman–Crippen MR) is 98.3 cm³/mol. The molecule has 1 aromatic carbocycles. The monoisotopic (exact) mass is 383 g/mol. The van der Waals surface area contributed by atoms with E-state index in [2.05, 4.69) is 15.6 Å². The van der Waals surface area contributed by atoms with Gasteiger partial charge in [0.05, 0.1) is 10.0 Å². The lowest BCUT2D eigenvalue weighted by molar-refractivity contribution is -0.129. The summed E-state index contributed by atoms with van der Waals surface area (Å²) >= 11 is 12.4. The molecule has 0 spiro atoms. The van der Waals surface area contributed by atoms with Crippen molar-refractivity contribution in [3.05, 3.63) is 33.9 Å². The summed E-state index contributed by atoms with van der Waals surface area (Å²) in [5.74, 6) is -0.417. The molecular formula is C17H19Cl2N3O3. The molecule has 1 heterocycles. The lowest BCUT2D eigenvalue weighted by atomic mass is 10.2. The van der Waals surface area contributed by atoms with Crippen LogP contribution in [0.4, 0.5) is 0 Å². The van der Waals surface area contributed by atoms with Crippen molar-refractivity contribution >= 4 is 45.9 Å². The van der Waals surface area contributed by atoms with Gasteiger partial charge in [0.1, 0.15) is 11.6 Å². The number of nitrogens with one attached hydrogen (secondary N) is 2. The summed E-state index contributed by atoms with van der Waals surface area (Å²) in [6, 6.07) is 4.54. The highest BCUT2D eigenvalue weighted by molar-refractivity contribution is 6.39. The van der Waals surface area contributed by atoms with Crippen LogP contribution in [0.3, 0.4) is 0 Å². The van der Waals surface area contributed by atoms with E-state index < -0.39 is 11.9 Å². The first-order valence-electron chi connectivity index (χ1n) is 7.78. The number of aryl methyl sites for hydroxylation is 1. The molecule has 2 rings (SSSR count). The molecule has 0 saturated carbocycles. The van der Waals surface area contributed by atoms with Gasteiger partial charge in [0.25, 0.3) is 5.91 Å². The number of aromatic nitrogens is 1. The summed E-state index contributed by atoms with van der Waals surface area (Å²) in [6.07, 6.45) is 0. The highest BCUT2D eigenvalue weighted by Gasteiger charge is 2.17. The van der Waals surface area contributed by atoms with Gasteiger partial charge in [-0.1, -0.05) is 23.2 Å². The largest absolute Gasteiger partial charge is 0.480 e. The minimum Gasteiger partial charge on any atom is -0.480 e. The fourth-order valence-corrected chi connectivity index (χ4v) is 2.81. The molecule has 0 aliphatic carbocycles. The van der Waals surface area contributed by atoms with E-state index in [4.69, 9.17) is 27.9 Å². The van der Waals surface area contributed by atoms with Gasteiger partial charge in [-0.3, -0.25) is 9.59 Å². The van der Waals surface area contributed by atoms with Crippen LogP contribution < -0.4 is 15.4 Å². The first-order chi connectivity index (χ1) is 11.8. The summed E-state index contributed by atoms with van der Waals surface area (Å²) in [6.45, 7) is 5.43. The third kappa shape index (κ3) is 4.74.